The molecule has 1 aliphatic rings. The summed E-state index contributed by atoms with van der Waals surface area (Å²) in [5, 5.41) is 0. The molecule has 3 heteroatoms. The van der Waals surface area contributed by atoms with E-state index < -0.39 is 11.8 Å². The average Bonchev–Trinajstić information content (AvgIpc) is 2.27. The van der Waals surface area contributed by atoms with Crippen LogP contribution in [0.1, 0.15) is 26.3 Å². The minimum atomic E-state index is -0.918. The van der Waals surface area contributed by atoms with Crippen LogP contribution in [0.15, 0.2) is 41.7 Å². The van der Waals surface area contributed by atoms with Crippen LogP contribution >= 0.6 is 0 Å². The van der Waals surface area contributed by atoms with Crippen molar-refractivity contribution >= 4 is 5.97 Å². The predicted molar refractivity (Wildman–Crippen MR) is 67.3 cm³/mol. The first kappa shape index (κ1) is 12.3. The molecule has 1 aromatic rings. The van der Waals surface area contributed by atoms with Gasteiger partial charge in [-0.1, -0.05) is 30.0 Å². The molecule has 0 aromatic heterocycles. The maximum atomic E-state index is 11.8. The van der Waals surface area contributed by atoms with Gasteiger partial charge in [-0.15, -0.1) is 0 Å². The molecular weight excluding hydrogens is 228 g/mol. The van der Waals surface area contributed by atoms with E-state index in [0.717, 1.165) is 5.56 Å². The van der Waals surface area contributed by atoms with E-state index in [1.165, 1.54) is 0 Å². The number of esters is 1. The summed E-state index contributed by atoms with van der Waals surface area (Å²) in [5.41, 5.74) is 1.12. The molecule has 0 bridgehead atoms. The van der Waals surface area contributed by atoms with Crippen molar-refractivity contribution in [3.63, 3.8) is 0 Å². The second-order valence-corrected chi connectivity index (χ2v) is 4.44. The Morgan fingerprint density at radius 1 is 1.06 bits per heavy atom. The van der Waals surface area contributed by atoms with Crippen LogP contribution in [-0.4, -0.2) is 11.8 Å². The third-order valence-corrected chi connectivity index (χ3v) is 2.40. The maximum absolute atomic E-state index is 11.8. The lowest BCUT2D eigenvalue weighted by molar-refractivity contribution is -0.206. The number of hydrogen-bond donors (Lipinski definition) is 0. The van der Waals surface area contributed by atoms with Gasteiger partial charge in [-0.05, 0) is 19.1 Å². The van der Waals surface area contributed by atoms with E-state index in [1.54, 1.807) is 20.8 Å². The molecule has 0 fully saturated rings. The number of allylic oxidation sites excluding steroid dienone is 1. The molecule has 2 rings (SSSR count). The van der Waals surface area contributed by atoms with Crippen molar-refractivity contribution in [2.75, 3.05) is 0 Å². The Hall–Kier alpha value is -2.21. The molecule has 0 N–H and O–H groups in total. The fraction of sp³-hybridized carbons (Fsp3) is 0.267. The number of rotatable bonds is 0. The summed E-state index contributed by atoms with van der Waals surface area (Å²) in [6.07, 6.45) is 0. The Balaban J connectivity index is 2.30. The molecule has 1 aliphatic heterocycles. The lowest BCUT2D eigenvalue weighted by atomic mass is 10.1. The van der Waals surface area contributed by atoms with Gasteiger partial charge in [-0.2, -0.15) is 0 Å². The number of carbonyl (C=O) groups excluding carboxylic acids is 1. The van der Waals surface area contributed by atoms with Gasteiger partial charge < -0.3 is 9.47 Å². The quantitative estimate of drug-likeness (QED) is 0.518. The summed E-state index contributed by atoms with van der Waals surface area (Å²) in [5.74, 6) is 4.86. The van der Waals surface area contributed by atoms with Gasteiger partial charge in [0, 0.05) is 19.4 Å². The molecule has 92 valence electrons. The molecule has 0 atom stereocenters. The van der Waals surface area contributed by atoms with Crippen molar-refractivity contribution in [1.82, 2.24) is 0 Å². The molecule has 0 saturated carbocycles. The zero-order valence-electron chi connectivity index (χ0n) is 10.6. The molecule has 0 aliphatic carbocycles. The topological polar surface area (TPSA) is 35.5 Å². The van der Waals surface area contributed by atoms with E-state index in [4.69, 9.17) is 9.47 Å². The van der Waals surface area contributed by atoms with E-state index >= 15 is 0 Å². The average molecular weight is 242 g/mol. The van der Waals surface area contributed by atoms with Crippen molar-refractivity contribution in [1.29, 1.82) is 0 Å². The normalized spacial score (nSPS) is 17.4. The van der Waals surface area contributed by atoms with Crippen LogP contribution in [-0.2, 0) is 14.3 Å². The molecule has 0 radical (unpaired) electrons. The number of carbonyl (C=O) groups is 1. The summed E-state index contributed by atoms with van der Waals surface area (Å²) in [6.45, 7) is 5.10. The van der Waals surface area contributed by atoms with Crippen LogP contribution in [0.3, 0.4) is 0 Å². The summed E-state index contributed by atoms with van der Waals surface area (Å²) >= 11 is 0. The smallest absolute Gasteiger partial charge is 0.353 e. The van der Waals surface area contributed by atoms with Crippen LogP contribution in [0.2, 0.25) is 0 Å². The van der Waals surface area contributed by atoms with Gasteiger partial charge in [-0.25, -0.2) is 4.79 Å². The molecular formula is C15H14O3. The molecule has 3 nitrogen and oxygen atoms in total. The van der Waals surface area contributed by atoms with E-state index in [0.29, 0.717) is 5.76 Å². The van der Waals surface area contributed by atoms with Crippen molar-refractivity contribution in [2.45, 2.75) is 26.6 Å². The Morgan fingerprint density at radius 3 is 2.33 bits per heavy atom. The summed E-state index contributed by atoms with van der Waals surface area (Å²) in [6, 6.07) is 9.45. The van der Waals surface area contributed by atoms with Crippen LogP contribution in [0, 0.1) is 11.8 Å². The number of benzene rings is 1. The summed E-state index contributed by atoms with van der Waals surface area (Å²) < 4.78 is 10.6. The van der Waals surface area contributed by atoms with Crippen LogP contribution in [0.25, 0.3) is 0 Å². The van der Waals surface area contributed by atoms with Crippen molar-refractivity contribution in [2.24, 2.45) is 0 Å². The zero-order chi connectivity index (χ0) is 13.2. The Morgan fingerprint density at radius 2 is 1.72 bits per heavy atom. The summed E-state index contributed by atoms with van der Waals surface area (Å²) in [7, 11) is 0. The number of hydrogen-bond acceptors (Lipinski definition) is 3. The predicted octanol–water partition coefficient (Wildman–Crippen LogP) is 2.62. The first-order chi connectivity index (χ1) is 8.48. The molecule has 0 unspecified atom stereocenters. The largest absolute Gasteiger partial charge is 0.456 e. The fourth-order valence-electron chi connectivity index (χ4n) is 1.65. The van der Waals surface area contributed by atoms with Gasteiger partial charge >= 0.3 is 5.97 Å². The lowest BCUT2D eigenvalue weighted by Gasteiger charge is -2.30. The zero-order valence-corrected chi connectivity index (χ0v) is 10.6. The molecule has 18 heavy (non-hydrogen) atoms. The van der Waals surface area contributed by atoms with Gasteiger partial charge in [0.1, 0.15) is 11.3 Å². The fourth-order valence-corrected chi connectivity index (χ4v) is 1.65. The van der Waals surface area contributed by atoms with E-state index in [9.17, 15) is 4.79 Å². The Labute approximate surface area is 106 Å². The third-order valence-electron chi connectivity index (χ3n) is 2.40. The van der Waals surface area contributed by atoms with Crippen molar-refractivity contribution in [3.8, 4) is 11.8 Å². The molecule has 0 spiro atoms. The van der Waals surface area contributed by atoms with Crippen LogP contribution < -0.4 is 0 Å². The molecule has 1 heterocycles. The first-order valence-electron chi connectivity index (χ1n) is 5.68. The van der Waals surface area contributed by atoms with Gasteiger partial charge in [0.25, 0.3) is 0 Å². The maximum Gasteiger partial charge on any atom is 0.353 e. The second-order valence-electron chi connectivity index (χ2n) is 4.44. The van der Waals surface area contributed by atoms with Crippen LogP contribution in [0.4, 0.5) is 0 Å². The van der Waals surface area contributed by atoms with Gasteiger partial charge in [0.05, 0.1) is 0 Å². The van der Waals surface area contributed by atoms with Gasteiger partial charge in [0.2, 0.25) is 5.79 Å². The standard InChI is InChI=1S/C15H14O3/c1-11-13(14(16)18-15(2,3)17-11)10-9-12-7-5-4-6-8-12/h4-8H,1-3H3. The Bertz CT molecular complexity index is 556. The molecule has 1 aromatic carbocycles. The number of cyclic esters (lactones) is 1. The highest BCUT2D eigenvalue weighted by molar-refractivity contribution is 5.94. The second kappa shape index (κ2) is 4.58. The van der Waals surface area contributed by atoms with Crippen molar-refractivity contribution < 1.29 is 14.3 Å². The van der Waals surface area contributed by atoms with Crippen LogP contribution in [0.5, 0.6) is 0 Å². The Kier molecular flexibility index (Phi) is 3.12. The third kappa shape index (κ3) is 2.72. The number of ether oxygens (including phenoxy) is 2. The lowest BCUT2D eigenvalue weighted by Crippen LogP contribution is -2.36. The van der Waals surface area contributed by atoms with E-state index in [1.807, 2.05) is 30.3 Å². The highest BCUT2D eigenvalue weighted by atomic mass is 16.7. The SMILES string of the molecule is CC1=C(C#Cc2ccccc2)C(=O)OC(C)(C)O1. The van der Waals surface area contributed by atoms with E-state index in [2.05, 4.69) is 11.8 Å². The monoisotopic (exact) mass is 242 g/mol. The van der Waals surface area contributed by atoms with Gasteiger partial charge in [0.15, 0.2) is 0 Å². The van der Waals surface area contributed by atoms with Crippen molar-refractivity contribution in [3.05, 3.63) is 47.2 Å². The minimum absolute atomic E-state index is 0.276. The van der Waals surface area contributed by atoms with E-state index in [-0.39, 0.29) is 5.57 Å². The first-order valence-corrected chi connectivity index (χ1v) is 5.68. The highest BCUT2D eigenvalue weighted by Crippen LogP contribution is 2.25. The van der Waals surface area contributed by atoms with Gasteiger partial charge in [-0.3, -0.25) is 0 Å². The molecule has 0 amide bonds. The molecule has 0 saturated heterocycles. The highest BCUT2D eigenvalue weighted by Gasteiger charge is 2.33. The summed E-state index contributed by atoms with van der Waals surface area (Å²) in [4.78, 5) is 11.8. The minimum Gasteiger partial charge on any atom is -0.456 e.